The summed E-state index contributed by atoms with van der Waals surface area (Å²) in [6, 6.07) is -1.19. The molecule has 6 unspecified atom stereocenters. The zero-order valence-corrected chi connectivity index (χ0v) is 24.7. The summed E-state index contributed by atoms with van der Waals surface area (Å²) in [6.45, 7) is 14.6. The largest absolute Gasteiger partial charge is 0.458 e. The number of amidine groups is 2. The van der Waals surface area contributed by atoms with Gasteiger partial charge in [0.05, 0.1) is 18.6 Å². The van der Waals surface area contributed by atoms with Crippen LogP contribution in [0.3, 0.4) is 0 Å². The van der Waals surface area contributed by atoms with Crippen molar-refractivity contribution >= 4 is 29.8 Å². The average molecular weight is 533 g/mol. The molecule has 2 fully saturated rings. The minimum absolute atomic E-state index is 0.00713. The number of Topliss-reactive ketones (excluding diaryl/α,β-unsaturated/α-hetero) is 1. The molecule has 9 heteroatoms. The fourth-order valence-corrected chi connectivity index (χ4v) is 5.15. The summed E-state index contributed by atoms with van der Waals surface area (Å²) in [4.78, 5) is 37.5. The van der Waals surface area contributed by atoms with Gasteiger partial charge >= 0.3 is 6.02 Å². The smallest absolute Gasteiger partial charge is 0.313 e. The van der Waals surface area contributed by atoms with Crippen LogP contribution in [0.4, 0.5) is 0 Å². The van der Waals surface area contributed by atoms with E-state index in [1.54, 1.807) is 4.90 Å². The lowest BCUT2D eigenvalue weighted by molar-refractivity contribution is -0.142. The highest BCUT2D eigenvalue weighted by molar-refractivity contribution is 5.99. The van der Waals surface area contributed by atoms with E-state index in [-0.39, 0.29) is 48.3 Å². The third-order valence-corrected chi connectivity index (χ3v) is 7.97. The second kappa shape index (κ2) is 14.2. The minimum Gasteiger partial charge on any atom is -0.458 e. The van der Waals surface area contributed by atoms with Gasteiger partial charge in [-0.1, -0.05) is 67.7 Å². The Hall–Kier alpha value is -2.29. The number of amides is 1. The van der Waals surface area contributed by atoms with Crippen LogP contribution in [-0.2, 0) is 14.3 Å². The molecule has 2 rings (SSSR count). The summed E-state index contributed by atoms with van der Waals surface area (Å²) >= 11 is 0. The predicted octanol–water partition coefficient (Wildman–Crippen LogP) is 4.18. The molecule has 0 aromatic rings. The third kappa shape index (κ3) is 8.89. The van der Waals surface area contributed by atoms with Crippen LogP contribution < -0.4 is 11.5 Å². The van der Waals surface area contributed by atoms with Crippen LogP contribution in [0.15, 0.2) is 9.98 Å². The molecule has 1 aliphatic carbocycles. The van der Waals surface area contributed by atoms with Gasteiger partial charge in [-0.3, -0.25) is 9.59 Å². The van der Waals surface area contributed by atoms with E-state index >= 15 is 0 Å². The summed E-state index contributed by atoms with van der Waals surface area (Å²) in [6.07, 6.45) is 7.43. The van der Waals surface area contributed by atoms with Crippen molar-refractivity contribution < 1.29 is 14.3 Å². The average Bonchev–Trinajstić information content (AvgIpc) is 3.42. The Morgan fingerprint density at radius 2 is 1.87 bits per heavy atom. The number of ether oxygens (including phenoxy) is 1. The van der Waals surface area contributed by atoms with Crippen molar-refractivity contribution in [3.05, 3.63) is 0 Å². The summed E-state index contributed by atoms with van der Waals surface area (Å²) in [5.74, 6) is 1.34. The topological polar surface area (TPSA) is 147 Å². The van der Waals surface area contributed by atoms with Gasteiger partial charge in [0.25, 0.3) is 0 Å². The second-order valence-corrected chi connectivity index (χ2v) is 12.6. The maximum atomic E-state index is 13.5. The quantitative estimate of drug-likeness (QED) is 0.185. The Balaban J connectivity index is 2.22. The molecule has 0 spiro atoms. The first-order valence-electron chi connectivity index (χ1n) is 14.4. The lowest BCUT2D eigenvalue weighted by atomic mass is 9.85. The van der Waals surface area contributed by atoms with Crippen molar-refractivity contribution in [2.45, 2.75) is 112 Å². The number of aliphatic imine (C=N–C) groups is 2. The Morgan fingerprint density at radius 3 is 2.39 bits per heavy atom. The molecule has 1 saturated carbocycles. The van der Waals surface area contributed by atoms with E-state index in [2.05, 4.69) is 16.9 Å². The Bertz CT molecular complexity index is 878. The lowest BCUT2D eigenvalue weighted by Gasteiger charge is -2.34. The number of carbonyl (C=O) groups excluding carboxylic acids is 2. The van der Waals surface area contributed by atoms with E-state index in [9.17, 15) is 9.59 Å². The van der Waals surface area contributed by atoms with Crippen LogP contribution in [0.1, 0.15) is 93.4 Å². The number of nitrogens with zero attached hydrogens (tertiary/aromatic N) is 3. The molecule has 1 saturated heterocycles. The molecule has 0 radical (unpaired) electrons. The van der Waals surface area contributed by atoms with E-state index in [0.717, 1.165) is 24.7 Å². The molecule has 1 amide bonds. The molecule has 0 aromatic heterocycles. The molecule has 0 aromatic carbocycles. The van der Waals surface area contributed by atoms with Crippen molar-refractivity contribution in [2.24, 2.45) is 50.5 Å². The van der Waals surface area contributed by atoms with Crippen molar-refractivity contribution in [2.75, 3.05) is 13.1 Å². The van der Waals surface area contributed by atoms with Gasteiger partial charge in [0.1, 0.15) is 11.9 Å². The Morgan fingerprint density at radius 1 is 1.21 bits per heavy atom. The molecule has 38 heavy (non-hydrogen) atoms. The normalized spacial score (nSPS) is 27.0. The number of hydrogen-bond donors (Lipinski definition) is 3. The van der Waals surface area contributed by atoms with Crippen molar-refractivity contribution in [3.63, 3.8) is 0 Å². The number of nitrogens with one attached hydrogen (secondary N) is 1. The Labute approximate surface area is 229 Å². The molecule has 6 atom stereocenters. The van der Waals surface area contributed by atoms with Gasteiger partial charge in [0.15, 0.2) is 5.78 Å². The van der Waals surface area contributed by atoms with Crippen LogP contribution in [0, 0.1) is 34.5 Å². The first-order valence-corrected chi connectivity index (χ1v) is 14.4. The van der Waals surface area contributed by atoms with Crippen LogP contribution in [0.2, 0.25) is 0 Å². The highest BCUT2D eigenvalue weighted by Gasteiger charge is 2.50. The number of likely N-dealkylation sites (tertiary alicyclic amines) is 1. The van der Waals surface area contributed by atoms with Crippen LogP contribution in [0.5, 0.6) is 0 Å². The van der Waals surface area contributed by atoms with Crippen molar-refractivity contribution in [3.8, 4) is 0 Å². The summed E-state index contributed by atoms with van der Waals surface area (Å²) in [5, 5.41) is 7.35. The van der Waals surface area contributed by atoms with E-state index in [1.165, 1.54) is 25.5 Å². The van der Waals surface area contributed by atoms with Crippen molar-refractivity contribution in [1.82, 2.24) is 4.90 Å². The molecule has 9 nitrogen and oxygen atoms in total. The maximum absolute atomic E-state index is 13.5. The zero-order valence-electron chi connectivity index (χ0n) is 24.7. The molecule has 5 N–H and O–H groups in total. The number of nitrogens with two attached hydrogens (primary N) is 2. The number of unbranched alkanes of at least 4 members (excludes halogenated alkanes) is 2. The van der Waals surface area contributed by atoms with Gasteiger partial charge in [-0.05, 0) is 36.5 Å². The molecular formula is C29H52N6O3. The Kier molecular flexibility index (Phi) is 11.9. The molecule has 2 aliphatic rings. The molecular weight excluding hydrogens is 480 g/mol. The standard InChI is InChI=1S/C29H52N6O3/c1-8-21-22(17-35(24(21)25(36)18(2)3)27(37)26(32)29(5,6)7)38-28(34-23(31)13-14-30)33-15-11-9-10-12-20-16-19(20)4/h14,18-22,24,26,30H,8-13,15-17,32H2,1-7H3,(H2,31,33,34). The summed E-state index contributed by atoms with van der Waals surface area (Å²) in [7, 11) is 0. The highest BCUT2D eigenvalue weighted by atomic mass is 16.5. The van der Waals surface area contributed by atoms with E-state index in [4.69, 9.17) is 21.6 Å². The SMILES string of the molecule is CCC1C(OC(N=C(N)CC=N)=NCCCCCC2CC2C)CN(C(=O)C(N)C(C)(C)C)C1C(=O)C(C)C. The lowest BCUT2D eigenvalue weighted by Crippen LogP contribution is -2.54. The monoisotopic (exact) mass is 532 g/mol. The van der Waals surface area contributed by atoms with Gasteiger partial charge < -0.3 is 26.5 Å². The number of rotatable bonds is 13. The highest BCUT2D eigenvalue weighted by Crippen LogP contribution is 2.41. The predicted molar refractivity (Wildman–Crippen MR) is 154 cm³/mol. The van der Waals surface area contributed by atoms with Crippen LogP contribution in [0.25, 0.3) is 0 Å². The zero-order chi connectivity index (χ0) is 28.6. The van der Waals surface area contributed by atoms with Crippen LogP contribution in [-0.4, -0.2) is 65.9 Å². The van der Waals surface area contributed by atoms with Crippen molar-refractivity contribution in [1.29, 1.82) is 5.41 Å². The van der Waals surface area contributed by atoms with Gasteiger partial charge in [-0.15, -0.1) is 0 Å². The fourth-order valence-electron chi connectivity index (χ4n) is 5.15. The van der Waals surface area contributed by atoms with Gasteiger partial charge in [0, 0.05) is 31.0 Å². The molecule has 1 aliphatic heterocycles. The maximum Gasteiger partial charge on any atom is 0.313 e. The first kappa shape index (κ1) is 31.9. The van der Waals surface area contributed by atoms with E-state index < -0.39 is 23.6 Å². The summed E-state index contributed by atoms with van der Waals surface area (Å²) in [5.41, 5.74) is 11.9. The fraction of sp³-hybridized carbons (Fsp3) is 0.828. The number of hydrogen-bond acceptors (Lipinski definition) is 6. The van der Waals surface area contributed by atoms with E-state index in [0.29, 0.717) is 13.0 Å². The molecule has 216 valence electrons. The molecule has 1 heterocycles. The van der Waals surface area contributed by atoms with E-state index in [1.807, 2.05) is 41.5 Å². The van der Waals surface area contributed by atoms with Crippen LogP contribution >= 0.6 is 0 Å². The first-order chi connectivity index (χ1) is 17.8. The third-order valence-electron chi connectivity index (χ3n) is 7.97. The summed E-state index contributed by atoms with van der Waals surface area (Å²) < 4.78 is 6.33. The van der Waals surface area contributed by atoms with Gasteiger partial charge in [0.2, 0.25) is 5.91 Å². The number of carbonyl (C=O) groups is 2. The van der Waals surface area contributed by atoms with Gasteiger partial charge in [-0.25, -0.2) is 4.99 Å². The number of ketones is 1. The minimum atomic E-state index is -0.741. The van der Waals surface area contributed by atoms with Gasteiger partial charge in [-0.2, -0.15) is 4.99 Å². The second-order valence-electron chi connectivity index (χ2n) is 12.6. The molecule has 0 bridgehead atoms.